The zero-order valence-corrected chi connectivity index (χ0v) is 11.2. The fourth-order valence-electron chi connectivity index (χ4n) is 1.39. The fraction of sp³-hybridized carbons (Fsp3) is 0.364. The lowest BCUT2D eigenvalue weighted by atomic mass is 10.2. The highest BCUT2D eigenvalue weighted by Crippen LogP contribution is 2.23. The van der Waals surface area contributed by atoms with Crippen molar-refractivity contribution < 1.29 is 4.74 Å². The summed E-state index contributed by atoms with van der Waals surface area (Å²) in [4.78, 5) is 1.92. The average molecular weight is 259 g/mol. The van der Waals surface area contributed by atoms with Crippen molar-refractivity contribution in [1.29, 1.82) is 0 Å². The highest BCUT2D eigenvalue weighted by atomic mass is 35.5. The molecule has 0 fully saturated rings. The Morgan fingerprint density at radius 2 is 2.25 bits per heavy atom. The SMILES string of the molecule is CNC(=S)N(C)Cc1cc(Cl)ccc1OC. The Kier molecular flexibility index (Phi) is 4.83. The van der Waals surface area contributed by atoms with Crippen LogP contribution in [0.1, 0.15) is 5.56 Å². The Morgan fingerprint density at radius 3 is 2.81 bits per heavy atom. The van der Waals surface area contributed by atoms with Crippen LogP contribution in [0.15, 0.2) is 18.2 Å². The molecule has 0 unspecified atom stereocenters. The predicted octanol–water partition coefficient (Wildman–Crippen LogP) is 2.28. The van der Waals surface area contributed by atoms with Crippen LogP contribution in [0.4, 0.5) is 0 Å². The highest BCUT2D eigenvalue weighted by Gasteiger charge is 2.08. The Balaban J connectivity index is 2.86. The van der Waals surface area contributed by atoms with E-state index in [1.165, 1.54) is 0 Å². The Labute approximate surface area is 106 Å². The van der Waals surface area contributed by atoms with Crippen molar-refractivity contribution >= 4 is 28.9 Å². The van der Waals surface area contributed by atoms with Crippen molar-refractivity contribution in [3.8, 4) is 5.75 Å². The Bertz CT molecular complexity index is 384. The maximum absolute atomic E-state index is 5.95. The molecule has 3 nitrogen and oxygen atoms in total. The first kappa shape index (κ1) is 13.1. The van der Waals surface area contributed by atoms with Crippen molar-refractivity contribution in [2.45, 2.75) is 6.54 Å². The second-order valence-electron chi connectivity index (χ2n) is 3.37. The van der Waals surface area contributed by atoms with Gasteiger partial charge in [0, 0.05) is 31.2 Å². The summed E-state index contributed by atoms with van der Waals surface area (Å²) in [5, 5.41) is 4.30. The van der Waals surface area contributed by atoms with Crippen molar-refractivity contribution in [2.75, 3.05) is 21.2 Å². The van der Waals surface area contributed by atoms with E-state index in [4.69, 9.17) is 28.6 Å². The number of nitrogens with zero attached hydrogens (tertiary/aromatic N) is 1. The Hall–Kier alpha value is -1.00. The van der Waals surface area contributed by atoms with Crippen molar-refractivity contribution in [2.24, 2.45) is 0 Å². The summed E-state index contributed by atoms with van der Waals surface area (Å²) in [6, 6.07) is 5.55. The van der Waals surface area contributed by atoms with Gasteiger partial charge in [0.25, 0.3) is 0 Å². The number of rotatable bonds is 3. The van der Waals surface area contributed by atoms with Crippen molar-refractivity contribution in [3.05, 3.63) is 28.8 Å². The van der Waals surface area contributed by atoms with Gasteiger partial charge < -0.3 is 15.0 Å². The summed E-state index contributed by atoms with van der Waals surface area (Å²) in [6.45, 7) is 0.656. The largest absolute Gasteiger partial charge is 0.496 e. The van der Waals surface area contributed by atoms with Gasteiger partial charge in [0.15, 0.2) is 5.11 Å². The standard InChI is InChI=1S/C11H15ClN2OS/c1-13-11(16)14(2)7-8-6-9(12)4-5-10(8)15-3/h4-6H,7H2,1-3H3,(H,13,16). The molecule has 5 heteroatoms. The molecule has 0 radical (unpaired) electrons. The summed E-state index contributed by atoms with van der Waals surface area (Å²) in [7, 11) is 5.36. The zero-order valence-electron chi connectivity index (χ0n) is 9.58. The molecule has 1 rings (SSSR count). The van der Waals surface area contributed by atoms with E-state index in [2.05, 4.69) is 5.32 Å². The van der Waals surface area contributed by atoms with Gasteiger partial charge in [0.2, 0.25) is 0 Å². The zero-order chi connectivity index (χ0) is 12.1. The van der Waals surface area contributed by atoms with Gasteiger partial charge in [-0.15, -0.1) is 0 Å². The normalized spacial score (nSPS) is 9.75. The molecule has 0 aliphatic heterocycles. The van der Waals surface area contributed by atoms with E-state index in [1.807, 2.05) is 24.1 Å². The number of benzene rings is 1. The lowest BCUT2D eigenvalue weighted by Crippen LogP contribution is -2.34. The summed E-state index contributed by atoms with van der Waals surface area (Å²) in [5.41, 5.74) is 1.01. The topological polar surface area (TPSA) is 24.5 Å². The van der Waals surface area contributed by atoms with Crippen LogP contribution >= 0.6 is 23.8 Å². The van der Waals surface area contributed by atoms with Crippen LogP contribution in [0.3, 0.4) is 0 Å². The van der Waals surface area contributed by atoms with Gasteiger partial charge >= 0.3 is 0 Å². The minimum absolute atomic E-state index is 0.656. The second-order valence-corrected chi connectivity index (χ2v) is 4.19. The van der Waals surface area contributed by atoms with Gasteiger partial charge in [-0.1, -0.05) is 11.6 Å². The number of nitrogens with one attached hydrogen (secondary N) is 1. The summed E-state index contributed by atoms with van der Waals surface area (Å²) in [5.74, 6) is 0.815. The molecule has 1 aromatic rings. The molecular weight excluding hydrogens is 244 g/mol. The van der Waals surface area contributed by atoms with Gasteiger partial charge in [-0.25, -0.2) is 0 Å². The van der Waals surface area contributed by atoms with Crippen LogP contribution in [-0.4, -0.2) is 31.2 Å². The van der Waals surface area contributed by atoms with Gasteiger partial charge in [-0.3, -0.25) is 0 Å². The third kappa shape index (κ3) is 3.25. The molecule has 0 bridgehead atoms. The summed E-state index contributed by atoms with van der Waals surface area (Å²) >= 11 is 11.1. The Morgan fingerprint density at radius 1 is 1.56 bits per heavy atom. The molecule has 16 heavy (non-hydrogen) atoms. The first-order chi connectivity index (χ1) is 7.58. The van der Waals surface area contributed by atoms with E-state index < -0.39 is 0 Å². The molecule has 0 aliphatic carbocycles. The van der Waals surface area contributed by atoms with E-state index in [-0.39, 0.29) is 0 Å². The number of hydrogen-bond donors (Lipinski definition) is 1. The van der Waals surface area contributed by atoms with E-state index >= 15 is 0 Å². The lowest BCUT2D eigenvalue weighted by Gasteiger charge is -2.20. The van der Waals surface area contributed by atoms with Gasteiger partial charge in [-0.2, -0.15) is 0 Å². The fourth-order valence-corrected chi connectivity index (χ4v) is 1.65. The van der Waals surface area contributed by atoms with Crippen LogP contribution in [0.25, 0.3) is 0 Å². The number of hydrogen-bond acceptors (Lipinski definition) is 2. The van der Waals surface area contributed by atoms with Crippen molar-refractivity contribution in [1.82, 2.24) is 10.2 Å². The molecule has 0 atom stereocenters. The van der Waals surface area contributed by atoms with Crippen LogP contribution < -0.4 is 10.1 Å². The summed E-state index contributed by atoms with van der Waals surface area (Å²) in [6.07, 6.45) is 0. The minimum atomic E-state index is 0.656. The maximum Gasteiger partial charge on any atom is 0.168 e. The van der Waals surface area contributed by atoms with Crippen LogP contribution in [0.5, 0.6) is 5.75 Å². The van der Waals surface area contributed by atoms with E-state index in [0.717, 1.165) is 11.3 Å². The quantitative estimate of drug-likeness (QED) is 0.841. The molecule has 88 valence electrons. The third-order valence-corrected chi connectivity index (χ3v) is 2.96. The number of ether oxygens (including phenoxy) is 1. The highest BCUT2D eigenvalue weighted by molar-refractivity contribution is 7.80. The lowest BCUT2D eigenvalue weighted by molar-refractivity contribution is 0.398. The molecule has 0 amide bonds. The van der Waals surface area contributed by atoms with Gasteiger partial charge in [-0.05, 0) is 30.4 Å². The average Bonchev–Trinajstić information content (AvgIpc) is 2.28. The van der Waals surface area contributed by atoms with E-state index in [1.54, 1.807) is 20.2 Å². The van der Waals surface area contributed by atoms with Crippen LogP contribution in [0, 0.1) is 0 Å². The molecular formula is C11H15ClN2OS. The monoisotopic (exact) mass is 258 g/mol. The molecule has 0 aromatic heterocycles. The number of halogens is 1. The van der Waals surface area contributed by atoms with E-state index in [0.29, 0.717) is 16.7 Å². The third-order valence-electron chi connectivity index (χ3n) is 2.21. The van der Waals surface area contributed by atoms with Gasteiger partial charge in [0.05, 0.1) is 7.11 Å². The number of thiocarbonyl (C=S) groups is 1. The van der Waals surface area contributed by atoms with Crippen LogP contribution in [0.2, 0.25) is 5.02 Å². The van der Waals surface area contributed by atoms with Gasteiger partial charge in [0.1, 0.15) is 5.75 Å². The van der Waals surface area contributed by atoms with Crippen LogP contribution in [-0.2, 0) is 6.54 Å². The first-order valence-electron chi connectivity index (χ1n) is 4.83. The maximum atomic E-state index is 5.95. The second kappa shape index (κ2) is 5.92. The molecule has 1 N–H and O–H groups in total. The molecule has 0 saturated carbocycles. The predicted molar refractivity (Wildman–Crippen MR) is 71.1 cm³/mol. The minimum Gasteiger partial charge on any atom is -0.496 e. The van der Waals surface area contributed by atoms with Crippen molar-refractivity contribution in [3.63, 3.8) is 0 Å². The molecule has 1 aromatic carbocycles. The molecule has 0 aliphatic rings. The summed E-state index contributed by atoms with van der Waals surface area (Å²) < 4.78 is 5.27. The smallest absolute Gasteiger partial charge is 0.168 e. The first-order valence-corrected chi connectivity index (χ1v) is 5.62. The molecule has 0 saturated heterocycles. The number of methoxy groups -OCH3 is 1. The molecule has 0 heterocycles. The molecule has 0 spiro atoms. The van der Waals surface area contributed by atoms with E-state index in [9.17, 15) is 0 Å².